The van der Waals surface area contributed by atoms with E-state index < -0.39 is 153 Å². The third-order valence-corrected chi connectivity index (χ3v) is 16.7. The molecule has 24 nitrogen and oxygen atoms in total. The number of hydrogen-bond donors (Lipinski definition) is 8. The molecule has 6 heterocycles. The first-order chi connectivity index (χ1) is 28.9. The Kier molecular flexibility index (Phi) is 8.07. The molecule has 30 heteroatoms. The number of aliphatic imine (C=N–C) groups is 4. The van der Waals surface area contributed by atoms with Gasteiger partial charge in [0.25, 0.3) is 40.5 Å². The molecule has 0 amide bonds. The summed E-state index contributed by atoms with van der Waals surface area (Å²) in [5, 5.41) is 44.6. The zero-order valence-electron chi connectivity index (χ0n) is 29.6. The maximum Gasteiger partial charge on any atom is 0.722 e. The van der Waals surface area contributed by atoms with E-state index in [0.29, 0.717) is 0 Å². The van der Waals surface area contributed by atoms with Gasteiger partial charge in [-0.2, -0.15) is 43.7 Å². The molecule has 0 atom stereocenters. The SMILES string of the molecule is O=S(=O)(O)c1ccc2c(c1O)C1=NC2=Nc2c3c(O)c(S(=O)(=O)O)ccc3c3[n]2[Al]([Cl])[n]2c(c4ccc(S(=O)(=O)O)c(O)c4c2=NC2=NC(=N3)c3c2ccc(S(=O)(=O)O)c3O)=N1. The number of aromatic nitrogens is 2. The monoisotopic (exact) mass is 958 g/mol. The van der Waals surface area contributed by atoms with Crippen molar-refractivity contribution in [2.75, 3.05) is 0 Å². The summed E-state index contributed by atoms with van der Waals surface area (Å²) in [5.74, 6) is -7.30. The highest BCUT2D eigenvalue weighted by molar-refractivity contribution is 7.86. The number of phenols is 4. The number of hydrogen-bond acceptors (Lipinski definition) is 18. The molecule has 0 saturated carbocycles. The molecule has 8 N–H and O–H groups in total. The Morgan fingerprint density at radius 3 is 1.37 bits per heavy atom. The fraction of sp³-hybridized carbons (Fsp3) is 0. The minimum Gasteiger partial charge on any atom is -0.506 e. The van der Waals surface area contributed by atoms with Gasteiger partial charge >= 0.3 is 13.7 Å². The first-order valence-corrected chi connectivity index (χ1v) is 25.3. The van der Waals surface area contributed by atoms with Crippen LogP contribution < -0.4 is 11.0 Å². The van der Waals surface area contributed by atoms with Crippen molar-refractivity contribution in [2.24, 2.45) is 30.0 Å². The summed E-state index contributed by atoms with van der Waals surface area (Å²) in [6.07, 6.45) is 0. The molecule has 62 heavy (non-hydrogen) atoms. The molecule has 6 bridgehead atoms. The number of aromatic hydroxyl groups is 4. The fourth-order valence-electron chi connectivity index (χ4n) is 7.61. The topological polar surface area (TPSA) is 382 Å². The highest BCUT2D eigenvalue weighted by Gasteiger charge is 2.42. The molecule has 2 aromatic heterocycles. The van der Waals surface area contributed by atoms with E-state index in [4.69, 9.17) is 10.0 Å². The van der Waals surface area contributed by atoms with Crippen LogP contribution in [0.5, 0.6) is 23.0 Å². The van der Waals surface area contributed by atoms with E-state index >= 15 is 0 Å². The van der Waals surface area contributed by atoms with Crippen LogP contribution in [-0.2, 0) is 40.5 Å². The number of phenolic OH excluding ortho intramolecular Hbond substituents is 4. The molecule has 0 fully saturated rings. The smallest absolute Gasteiger partial charge is 0.506 e. The molecule has 0 aliphatic carbocycles. The largest absolute Gasteiger partial charge is 0.722 e. The van der Waals surface area contributed by atoms with E-state index in [2.05, 4.69) is 30.0 Å². The second-order valence-electron chi connectivity index (χ2n) is 13.6. The Bertz CT molecular complexity index is 3990. The van der Waals surface area contributed by atoms with Gasteiger partial charge < -0.3 is 27.5 Å². The molecule has 314 valence electrons. The lowest BCUT2D eigenvalue weighted by molar-refractivity contribution is 0.440. The van der Waals surface area contributed by atoms with Gasteiger partial charge in [-0.25, -0.2) is 30.0 Å². The normalized spacial score (nSPS) is 15.6. The van der Waals surface area contributed by atoms with Crippen LogP contribution >= 0.6 is 10.0 Å². The van der Waals surface area contributed by atoms with Crippen LogP contribution in [-0.4, -0.2) is 116 Å². The average Bonchev–Trinajstić information content (AvgIpc) is 3.86. The molecule has 6 aromatic rings. The van der Waals surface area contributed by atoms with Gasteiger partial charge in [0.15, 0.2) is 23.3 Å². The molecule has 0 unspecified atom stereocenters. The van der Waals surface area contributed by atoms with Crippen molar-refractivity contribution in [3.63, 3.8) is 0 Å². The summed E-state index contributed by atoms with van der Waals surface area (Å²) < 4.78 is 142. The van der Waals surface area contributed by atoms with E-state index in [9.17, 15) is 72.3 Å². The van der Waals surface area contributed by atoms with Gasteiger partial charge in [0.2, 0.25) is 0 Å². The quantitative estimate of drug-likeness (QED) is 0.0901. The van der Waals surface area contributed by atoms with Crippen LogP contribution in [0.25, 0.3) is 21.5 Å². The minimum absolute atomic E-state index is 0.183. The first-order valence-electron chi connectivity index (χ1n) is 16.7. The summed E-state index contributed by atoms with van der Waals surface area (Å²) >= 11 is -4.01. The van der Waals surface area contributed by atoms with Crippen LogP contribution in [0.1, 0.15) is 22.3 Å². The van der Waals surface area contributed by atoms with Crippen LogP contribution in [0.4, 0.5) is 11.6 Å². The second-order valence-corrected chi connectivity index (χ2v) is 21.9. The lowest BCUT2D eigenvalue weighted by Crippen LogP contribution is -2.43. The molecule has 0 saturated heterocycles. The third-order valence-electron chi connectivity index (χ3n) is 10.1. The van der Waals surface area contributed by atoms with Crippen LogP contribution in [0, 0.1) is 0 Å². The maximum atomic E-state index is 12.6. The Labute approximate surface area is 352 Å². The number of benzene rings is 4. The van der Waals surface area contributed by atoms with E-state index in [1.807, 2.05) is 0 Å². The third kappa shape index (κ3) is 5.48. The molecule has 4 aromatic carbocycles. The van der Waals surface area contributed by atoms with Gasteiger partial charge in [0, 0.05) is 21.9 Å². The van der Waals surface area contributed by atoms with Crippen LogP contribution in [0.15, 0.2) is 98.1 Å². The van der Waals surface area contributed by atoms with Gasteiger partial charge in [-0.05, 0) is 48.5 Å². The van der Waals surface area contributed by atoms with Gasteiger partial charge in [-0.15, -0.1) is 0 Å². The highest BCUT2D eigenvalue weighted by atomic mass is 35.6. The van der Waals surface area contributed by atoms with E-state index in [-0.39, 0.29) is 33.2 Å². The Balaban J connectivity index is 1.51. The van der Waals surface area contributed by atoms with Crippen molar-refractivity contribution in [3.8, 4) is 23.0 Å². The standard InChI is InChI=1S/C32H16N8O16S4.Al.ClH/c41-21-13(57(45,46)47)5-1-9-17(21)29-33-25(9)37-30-18-10(2-6-14(22(18)42)58(48,49)50)27(34-30)39-32-20-12(4-8-16(24(20)44)60(54,55)56)28(36-32)40-31-19-11(26(35-31)38-29)3-7-15(23(19)43)59(51,52)53;;/h1-8H,(H8-2,33,34,35,36,37,38,39,40,41,42,43,44,45,46,47,48,49,50,51,52,53,54,55,56);;1H/q-2;+3;/p-1. The maximum absolute atomic E-state index is 12.6. The predicted molar refractivity (Wildman–Crippen MR) is 213 cm³/mol. The number of amidine groups is 4. The molecular formula is C32H16AlClN8O16S4. The van der Waals surface area contributed by atoms with E-state index in [0.717, 1.165) is 55.6 Å². The van der Waals surface area contributed by atoms with Crippen LogP contribution in [0.2, 0.25) is 0 Å². The van der Waals surface area contributed by atoms with Crippen LogP contribution in [0.3, 0.4) is 0 Å². The van der Waals surface area contributed by atoms with Gasteiger partial charge in [0.05, 0.1) is 21.9 Å². The lowest BCUT2D eigenvalue weighted by atomic mass is 10.1. The minimum atomic E-state index is -5.22. The first kappa shape index (κ1) is 40.0. The van der Waals surface area contributed by atoms with Crippen molar-refractivity contribution < 1.29 is 72.3 Å². The summed E-state index contributed by atoms with van der Waals surface area (Å²) in [5.41, 5.74) is -2.20. The molecule has 0 spiro atoms. The second kappa shape index (κ2) is 12.5. The Hall–Kier alpha value is -6.10. The molecule has 4 aliphatic heterocycles. The number of nitrogens with zero attached hydrogens (tertiary/aromatic N) is 8. The number of halogens is 1. The molecule has 4 aliphatic rings. The summed E-state index contributed by atoms with van der Waals surface area (Å²) in [6, 6.07) is 7.41. The summed E-state index contributed by atoms with van der Waals surface area (Å²) in [7, 11) is -13.2. The van der Waals surface area contributed by atoms with Crippen molar-refractivity contribution in [1.29, 1.82) is 0 Å². The molecule has 10 rings (SSSR count). The number of fused-ring (bicyclic) bond motifs is 14. The van der Waals surface area contributed by atoms with Crippen molar-refractivity contribution in [3.05, 3.63) is 81.8 Å². The van der Waals surface area contributed by atoms with Crippen molar-refractivity contribution in [1.82, 2.24) is 7.10 Å². The fourth-order valence-corrected chi connectivity index (χ4v) is 12.9. The average molecular weight is 959 g/mol. The van der Waals surface area contributed by atoms with Crippen molar-refractivity contribution in [2.45, 2.75) is 19.6 Å². The zero-order valence-corrected chi connectivity index (χ0v) is 34.8. The molecular weight excluding hydrogens is 943 g/mol. The molecule has 0 radical (unpaired) electrons. The van der Waals surface area contributed by atoms with Gasteiger partial charge in [0.1, 0.15) is 65.2 Å². The predicted octanol–water partition coefficient (Wildman–Crippen LogP) is 0.969. The zero-order chi connectivity index (χ0) is 44.5. The van der Waals surface area contributed by atoms with E-state index in [1.165, 1.54) is 0 Å². The summed E-state index contributed by atoms with van der Waals surface area (Å²) in [6.45, 7) is 0. The Morgan fingerprint density at radius 1 is 0.435 bits per heavy atom. The highest BCUT2D eigenvalue weighted by Crippen LogP contribution is 2.48. The van der Waals surface area contributed by atoms with E-state index in [1.54, 1.807) is 0 Å². The van der Waals surface area contributed by atoms with Gasteiger partial charge in [-0.3, -0.25) is 18.2 Å². The summed E-state index contributed by atoms with van der Waals surface area (Å²) in [4.78, 5) is 23.0. The van der Waals surface area contributed by atoms with Gasteiger partial charge in [-0.1, -0.05) is 0 Å². The number of rotatable bonds is 4. The lowest BCUT2D eigenvalue weighted by Gasteiger charge is -2.15. The Morgan fingerprint density at radius 2 is 0.839 bits per heavy atom. The van der Waals surface area contributed by atoms with Crippen molar-refractivity contribution >= 4 is 121 Å².